The highest BCUT2D eigenvalue weighted by atomic mass is 15.3. The summed E-state index contributed by atoms with van der Waals surface area (Å²) in [5.41, 5.74) is 13.1. The largest absolute Gasteiger partial charge is 0.309 e. The molecule has 0 N–H and O–H groups in total. The highest BCUT2D eigenvalue weighted by molar-refractivity contribution is 6.11. The summed E-state index contributed by atoms with van der Waals surface area (Å²) < 4.78 is 2.41. The van der Waals surface area contributed by atoms with E-state index in [4.69, 9.17) is 9.97 Å². The first-order valence-corrected chi connectivity index (χ1v) is 18.7. The molecule has 0 atom stereocenters. The van der Waals surface area contributed by atoms with Crippen LogP contribution in [0.4, 0.5) is 11.6 Å². The summed E-state index contributed by atoms with van der Waals surface area (Å²) >= 11 is 0. The highest BCUT2D eigenvalue weighted by Crippen LogP contribution is 2.42. The second-order valence-corrected chi connectivity index (χ2v) is 13.9. The van der Waals surface area contributed by atoms with Crippen LogP contribution >= 0.6 is 0 Å². The van der Waals surface area contributed by atoms with E-state index < -0.39 is 0 Å². The Labute approximate surface area is 320 Å². The maximum atomic E-state index is 5.18. The third-order valence-corrected chi connectivity index (χ3v) is 10.6. The molecule has 55 heavy (non-hydrogen) atoms. The van der Waals surface area contributed by atoms with Crippen molar-refractivity contribution in [2.24, 2.45) is 0 Å². The number of nitrogens with zero attached hydrogens (tertiary/aromatic N) is 4. The number of para-hydroxylation sites is 2. The molecular formula is C51H36N4. The number of hydrogen-bond donors (Lipinski definition) is 0. The normalized spacial score (nSPS) is 13.6. The Morgan fingerprint density at radius 2 is 1.16 bits per heavy atom. The fraction of sp³-hybridized carbons (Fsp3) is 0.0196. The van der Waals surface area contributed by atoms with Gasteiger partial charge >= 0.3 is 0 Å². The minimum atomic E-state index is 0.628. The van der Waals surface area contributed by atoms with Gasteiger partial charge in [-0.25, -0.2) is 9.97 Å². The second-order valence-electron chi connectivity index (χ2n) is 13.9. The van der Waals surface area contributed by atoms with Crippen molar-refractivity contribution in [3.05, 3.63) is 212 Å². The number of benzene rings is 7. The summed E-state index contributed by atoms with van der Waals surface area (Å²) in [6, 6.07) is 62.1. The van der Waals surface area contributed by atoms with E-state index in [9.17, 15) is 0 Å². The van der Waals surface area contributed by atoms with Crippen LogP contribution in [0.3, 0.4) is 0 Å². The molecule has 1 aliphatic rings. The number of aromatic nitrogens is 3. The van der Waals surface area contributed by atoms with E-state index in [0.717, 1.165) is 39.3 Å². The molecule has 0 unspecified atom stereocenters. The number of anilines is 2. The number of allylic oxidation sites excluding steroid dienone is 4. The summed E-state index contributed by atoms with van der Waals surface area (Å²) in [4.78, 5) is 12.6. The van der Waals surface area contributed by atoms with E-state index in [1.807, 2.05) is 18.2 Å². The molecule has 7 aromatic carbocycles. The Morgan fingerprint density at radius 1 is 0.545 bits per heavy atom. The van der Waals surface area contributed by atoms with Gasteiger partial charge in [-0.2, -0.15) is 0 Å². The molecule has 260 valence electrons. The zero-order valence-electron chi connectivity index (χ0n) is 30.2. The first kappa shape index (κ1) is 32.4. The smallest absolute Gasteiger partial charge is 0.231 e. The van der Waals surface area contributed by atoms with Gasteiger partial charge < -0.3 is 9.47 Å². The zero-order valence-corrected chi connectivity index (χ0v) is 30.2. The van der Waals surface area contributed by atoms with Crippen molar-refractivity contribution in [1.29, 1.82) is 0 Å². The zero-order chi connectivity index (χ0) is 36.7. The van der Waals surface area contributed by atoms with Crippen LogP contribution in [0.25, 0.3) is 71.9 Å². The van der Waals surface area contributed by atoms with Crippen LogP contribution in [0.1, 0.15) is 11.1 Å². The third-order valence-electron chi connectivity index (χ3n) is 10.6. The van der Waals surface area contributed by atoms with E-state index in [1.54, 1.807) is 0 Å². The van der Waals surface area contributed by atoms with Crippen LogP contribution in [0.2, 0.25) is 0 Å². The van der Waals surface area contributed by atoms with Crippen molar-refractivity contribution in [1.82, 2.24) is 14.5 Å². The van der Waals surface area contributed by atoms with Gasteiger partial charge in [0.05, 0.1) is 40.3 Å². The molecular weight excluding hydrogens is 669 g/mol. The maximum Gasteiger partial charge on any atom is 0.231 e. The van der Waals surface area contributed by atoms with E-state index in [2.05, 4.69) is 192 Å². The fourth-order valence-electron chi connectivity index (χ4n) is 8.05. The lowest BCUT2D eigenvalue weighted by Crippen LogP contribution is -2.17. The molecule has 4 nitrogen and oxygen atoms in total. The topological polar surface area (TPSA) is 34.0 Å². The molecule has 0 spiro atoms. The van der Waals surface area contributed by atoms with Crippen molar-refractivity contribution in [3.63, 3.8) is 0 Å². The van der Waals surface area contributed by atoms with Gasteiger partial charge in [-0.3, -0.25) is 0 Å². The monoisotopic (exact) mass is 704 g/mol. The van der Waals surface area contributed by atoms with Crippen LogP contribution in [-0.4, -0.2) is 21.1 Å². The Kier molecular flexibility index (Phi) is 8.00. The summed E-state index contributed by atoms with van der Waals surface area (Å²) in [6.45, 7) is 4.76. The van der Waals surface area contributed by atoms with Gasteiger partial charge in [0.25, 0.3) is 0 Å². The Morgan fingerprint density at radius 3 is 1.93 bits per heavy atom. The van der Waals surface area contributed by atoms with Crippen LogP contribution in [0.5, 0.6) is 0 Å². The van der Waals surface area contributed by atoms with Crippen LogP contribution < -0.4 is 4.90 Å². The maximum absolute atomic E-state index is 5.18. The molecule has 0 radical (unpaired) electrons. The molecule has 10 rings (SSSR count). The van der Waals surface area contributed by atoms with E-state index >= 15 is 0 Å². The molecule has 2 aromatic heterocycles. The first-order valence-electron chi connectivity index (χ1n) is 18.7. The van der Waals surface area contributed by atoms with Crippen molar-refractivity contribution >= 4 is 55.4 Å². The average Bonchev–Trinajstić information content (AvgIpc) is 3.79. The van der Waals surface area contributed by atoms with Crippen LogP contribution in [0.15, 0.2) is 201 Å². The van der Waals surface area contributed by atoms with Gasteiger partial charge in [0.15, 0.2) is 0 Å². The molecule has 9 aromatic rings. The molecule has 0 amide bonds. The lowest BCUT2D eigenvalue weighted by atomic mass is 9.98. The Hall–Kier alpha value is -7.30. The molecule has 0 aliphatic carbocycles. The van der Waals surface area contributed by atoms with Crippen molar-refractivity contribution in [2.75, 3.05) is 11.4 Å². The lowest BCUT2D eigenvalue weighted by molar-refractivity contribution is 1.03. The first-order chi connectivity index (χ1) is 27.2. The molecule has 0 bridgehead atoms. The van der Waals surface area contributed by atoms with Crippen molar-refractivity contribution in [3.8, 4) is 28.2 Å². The SMILES string of the molecule is C=C/C=C(\C=C1/CN(c2nc(-c3ccccc3)cc(-c3ccccc3)n2)c2ccccc21)c1ccc2c(c1)c1ccccc1n2-c1cccc2ccccc12. The number of fused-ring (bicyclic) bond motifs is 5. The van der Waals surface area contributed by atoms with E-state index in [1.165, 1.54) is 49.4 Å². The highest BCUT2D eigenvalue weighted by Gasteiger charge is 2.28. The Balaban J connectivity index is 1.09. The number of hydrogen-bond acceptors (Lipinski definition) is 3. The molecule has 0 saturated carbocycles. The van der Waals surface area contributed by atoms with Gasteiger partial charge in [0.2, 0.25) is 5.95 Å². The second kappa shape index (κ2) is 13.6. The van der Waals surface area contributed by atoms with Gasteiger partial charge in [0.1, 0.15) is 0 Å². The molecule has 0 fully saturated rings. The van der Waals surface area contributed by atoms with Gasteiger partial charge in [0, 0.05) is 32.8 Å². The van der Waals surface area contributed by atoms with Gasteiger partial charge in [-0.05, 0) is 64.6 Å². The summed E-state index contributed by atoms with van der Waals surface area (Å²) in [5.74, 6) is 0.674. The third kappa shape index (κ3) is 5.72. The average molecular weight is 705 g/mol. The summed E-state index contributed by atoms with van der Waals surface area (Å²) in [6.07, 6.45) is 6.31. The minimum absolute atomic E-state index is 0.628. The van der Waals surface area contributed by atoms with Crippen LogP contribution in [-0.2, 0) is 0 Å². The lowest BCUT2D eigenvalue weighted by Gasteiger charge is -2.19. The predicted molar refractivity (Wildman–Crippen MR) is 231 cm³/mol. The summed E-state index contributed by atoms with van der Waals surface area (Å²) in [5, 5.41) is 4.89. The van der Waals surface area contributed by atoms with E-state index in [-0.39, 0.29) is 0 Å². The molecule has 4 heteroatoms. The summed E-state index contributed by atoms with van der Waals surface area (Å²) in [7, 11) is 0. The minimum Gasteiger partial charge on any atom is -0.309 e. The number of rotatable bonds is 7. The quantitative estimate of drug-likeness (QED) is 0.155. The van der Waals surface area contributed by atoms with Gasteiger partial charge in [-0.15, -0.1) is 0 Å². The molecule has 3 heterocycles. The molecule has 0 saturated heterocycles. The van der Waals surface area contributed by atoms with Crippen LogP contribution in [0, 0.1) is 0 Å². The van der Waals surface area contributed by atoms with E-state index in [0.29, 0.717) is 12.5 Å². The van der Waals surface area contributed by atoms with Crippen molar-refractivity contribution < 1.29 is 0 Å². The predicted octanol–water partition coefficient (Wildman–Crippen LogP) is 12.9. The standard InChI is InChI=1S/C51H36N4/c1-2-16-38(39-29-30-50-44(32-39)43-25-12-14-27-49(43)55(50)48-28-15-22-35-17-9-10-23-41(35)48)31-40-34-54(47-26-13-11-24-42(40)47)51-52-45(36-18-5-3-6-19-36)33-46(53-51)37-20-7-4-8-21-37/h2-33H,1,34H2/b38-16+,40-31+. The Bertz CT molecular complexity index is 2910. The molecule has 1 aliphatic heterocycles. The fourth-order valence-corrected chi connectivity index (χ4v) is 8.05. The van der Waals surface area contributed by atoms with Crippen molar-refractivity contribution in [2.45, 2.75) is 0 Å². The van der Waals surface area contributed by atoms with Gasteiger partial charge in [-0.1, -0.05) is 158 Å².